The van der Waals surface area contributed by atoms with Crippen LogP contribution in [-0.2, 0) is 14.3 Å². The smallest absolute Gasteiger partial charge is 0.363 e. The summed E-state index contributed by atoms with van der Waals surface area (Å²) in [6.45, 7) is -0.283. The van der Waals surface area contributed by atoms with Crippen LogP contribution >= 0.6 is 0 Å². The zero-order chi connectivity index (χ0) is 18.5. The fraction of sp³-hybridized carbons (Fsp3) is 0.105. The number of rotatable bonds is 6. The SMILES string of the molecule is COc1ccc(/C=C2/N=C(c3ccccc3)OC2=O)cc1OCC(N)=O. The van der Waals surface area contributed by atoms with Crippen molar-refractivity contribution in [2.24, 2.45) is 10.7 Å². The van der Waals surface area contributed by atoms with Crippen molar-refractivity contribution in [3.8, 4) is 11.5 Å². The monoisotopic (exact) mass is 352 g/mol. The fourth-order valence-corrected chi connectivity index (χ4v) is 2.32. The molecule has 0 radical (unpaired) electrons. The molecule has 0 saturated carbocycles. The van der Waals surface area contributed by atoms with Crippen molar-refractivity contribution in [3.05, 3.63) is 65.4 Å². The lowest BCUT2D eigenvalue weighted by molar-refractivity contribution is -0.130. The third-order valence-electron chi connectivity index (χ3n) is 3.50. The second-order valence-electron chi connectivity index (χ2n) is 5.37. The van der Waals surface area contributed by atoms with Crippen LogP contribution in [0.1, 0.15) is 11.1 Å². The molecule has 7 nitrogen and oxygen atoms in total. The number of methoxy groups -OCH3 is 1. The van der Waals surface area contributed by atoms with Gasteiger partial charge in [-0.2, -0.15) is 0 Å². The maximum absolute atomic E-state index is 12.1. The highest BCUT2D eigenvalue weighted by atomic mass is 16.6. The molecule has 0 atom stereocenters. The van der Waals surface area contributed by atoms with Gasteiger partial charge in [0, 0.05) is 5.56 Å². The highest BCUT2D eigenvalue weighted by Gasteiger charge is 2.24. The summed E-state index contributed by atoms with van der Waals surface area (Å²) in [5.41, 5.74) is 6.60. The van der Waals surface area contributed by atoms with Gasteiger partial charge in [-0.25, -0.2) is 9.79 Å². The number of nitrogens with two attached hydrogens (primary N) is 1. The number of carbonyl (C=O) groups is 2. The fourth-order valence-electron chi connectivity index (χ4n) is 2.32. The Hall–Kier alpha value is -3.61. The number of nitrogens with zero attached hydrogens (tertiary/aromatic N) is 1. The first kappa shape index (κ1) is 17.2. The van der Waals surface area contributed by atoms with E-state index in [0.717, 1.165) is 0 Å². The van der Waals surface area contributed by atoms with E-state index in [0.29, 0.717) is 22.6 Å². The molecule has 1 aliphatic rings. The Morgan fingerprint density at radius 1 is 1.19 bits per heavy atom. The third kappa shape index (κ3) is 3.89. The largest absolute Gasteiger partial charge is 0.493 e. The van der Waals surface area contributed by atoms with Crippen LogP contribution in [0.5, 0.6) is 11.5 Å². The summed E-state index contributed by atoms with van der Waals surface area (Å²) in [5, 5.41) is 0. The molecule has 2 aromatic carbocycles. The van der Waals surface area contributed by atoms with Crippen LogP contribution in [-0.4, -0.2) is 31.5 Å². The average molecular weight is 352 g/mol. The highest BCUT2D eigenvalue weighted by molar-refractivity contribution is 6.12. The molecule has 2 aromatic rings. The Kier molecular flexibility index (Phi) is 4.98. The number of esters is 1. The molecule has 26 heavy (non-hydrogen) atoms. The van der Waals surface area contributed by atoms with E-state index in [1.165, 1.54) is 7.11 Å². The zero-order valence-electron chi connectivity index (χ0n) is 14.0. The van der Waals surface area contributed by atoms with Gasteiger partial charge in [-0.15, -0.1) is 0 Å². The summed E-state index contributed by atoms with van der Waals surface area (Å²) in [6, 6.07) is 14.1. The number of ether oxygens (including phenoxy) is 3. The molecular weight excluding hydrogens is 336 g/mol. The summed E-state index contributed by atoms with van der Waals surface area (Å²) in [4.78, 5) is 27.2. The summed E-state index contributed by atoms with van der Waals surface area (Å²) in [5.74, 6) is -0.123. The molecule has 1 heterocycles. The maximum Gasteiger partial charge on any atom is 0.363 e. The third-order valence-corrected chi connectivity index (χ3v) is 3.50. The Bertz CT molecular complexity index is 903. The van der Waals surface area contributed by atoms with E-state index in [2.05, 4.69) is 4.99 Å². The van der Waals surface area contributed by atoms with E-state index in [-0.39, 0.29) is 18.2 Å². The van der Waals surface area contributed by atoms with Crippen LogP contribution in [0.4, 0.5) is 0 Å². The number of benzene rings is 2. The van der Waals surface area contributed by atoms with Gasteiger partial charge in [0.1, 0.15) is 0 Å². The first-order chi connectivity index (χ1) is 12.6. The topological polar surface area (TPSA) is 100 Å². The molecular formula is C19H16N2O5. The molecule has 1 amide bonds. The lowest BCUT2D eigenvalue weighted by Gasteiger charge is -2.10. The Morgan fingerprint density at radius 3 is 2.65 bits per heavy atom. The van der Waals surface area contributed by atoms with Gasteiger partial charge < -0.3 is 19.9 Å². The van der Waals surface area contributed by atoms with Crippen LogP contribution in [0.3, 0.4) is 0 Å². The van der Waals surface area contributed by atoms with Crippen molar-refractivity contribution >= 4 is 23.9 Å². The first-order valence-corrected chi connectivity index (χ1v) is 7.74. The van der Waals surface area contributed by atoms with Gasteiger partial charge in [-0.3, -0.25) is 4.79 Å². The Balaban J connectivity index is 1.89. The van der Waals surface area contributed by atoms with Gasteiger partial charge in [0.2, 0.25) is 5.90 Å². The zero-order valence-corrected chi connectivity index (χ0v) is 14.0. The molecule has 0 aliphatic carbocycles. The minimum atomic E-state index is -0.604. The first-order valence-electron chi connectivity index (χ1n) is 7.74. The van der Waals surface area contributed by atoms with Gasteiger partial charge in [0.05, 0.1) is 7.11 Å². The van der Waals surface area contributed by atoms with Crippen LogP contribution < -0.4 is 15.2 Å². The quantitative estimate of drug-likeness (QED) is 0.632. The number of carbonyl (C=O) groups excluding carboxylic acids is 2. The number of primary amides is 1. The summed E-state index contributed by atoms with van der Waals surface area (Å²) in [6.07, 6.45) is 1.56. The predicted molar refractivity (Wildman–Crippen MR) is 94.7 cm³/mol. The van der Waals surface area contributed by atoms with Crippen LogP contribution in [0.2, 0.25) is 0 Å². The molecule has 0 spiro atoms. The Morgan fingerprint density at radius 2 is 1.96 bits per heavy atom. The molecule has 3 rings (SSSR count). The summed E-state index contributed by atoms with van der Waals surface area (Å²) >= 11 is 0. The standard InChI is InChI=1S/C19H16N2O5/c1-24-15-8-7-12(10-16(15)25-11-17(20)22)9-14-19(23)26-18(21-14)13-5-3-2-4-6-13/h2-10H,11H2,1H3,(H2,20,22)/b14-9+. The maximum atomic E-state index is 12.1. The van der Waals surface area contributed by atoms with E-state index in [1.807, 2.05) is 18.2 Å². The normalized spacial score (nSPS) is 14.7. The van der Waals surface area contributed by atoms with Crippen LogP contribution in [0.25, 0.3) is 6.08 Å². The lowest BCUT2D eigenvalue weighted by atomic mass is 10.1. The van der Waals surface area contributed by atoms with Crippen LogP contribution in [0, 0.1) is 0 Å². The summed E-state index contributed by atoms with van der Waals surface area (Å²) < 4.78 is 15.7. The molecule has 2 N–H and O–H groups in total. The van der Waals surface area contributed by atoms with E-state index in [9.17, 15) is 9.59 Å². The van der Waals surface area contributed by atoms with E-state index in [1.54, 1.807) is 36.4 Å². The van der Waals surface area contributed by atoms with Gasteiger partial charge in [0.25, 0.3) is 5.91 Å². The number of hydrogen-bond acceptors (Lipinski definition) is 6. The van der Waals surface area contributed by atoms with E-state index in [4.69, 9.17) is 19.9 Å². The second-order valence-corrected chi connectivity index (χ2v) is 5.37. The predicted octanol–water partition coefficient (Wildman–Crippen LogP) is 1.90. The number of cyclic esters (lactones) is 1. The van der Waals surface area contributed by atoms with Crippen LogP contribution in [0.15, 0.2) is 59.2 Å². The molecule has 0 aromatic heterocycles. The van der Waals surface area contributed by atoms with Crippen molar-refractivity contribution in [1.29, 1.82) is 0 Å². The molecule has 0 bridgehead atoms. The highest BCUT2D eigenvalue weighted by Crippen LogP contribution is 2.29. The minimum Gasteiger partial charge on any atom is -0.493 e. The van der Waals surface area contributed by atoms with Gasteiger partial charge in [-0.05, 0) is 35.9 Å². The van der Waals surface area contributed by atoms with Gasteiger partial charge >= 0.3 is 5.97 Å². The van der Waals surface area contributed by atoms with Crippen molar-refractivity contribution in [2.75, 3.05) is 13.7 Å². The van der Waals surface area contributed by atoms with Gasteiger partial charge in [0.15, 0.2) is 23.8 Å². The second kappa shape index (κ2) is 7.52. The average Bonchev–Trinajstić information content (AvgIpc) is 3.01. The van der Waals surface area contributed by atoms with E-state index >= 15 is 0 Å². The minimum absolute atomic E-state index is 0.162. The molecule has 1 aliphatic heterocycles. The number of hydrogen-bond donors (Lipinski definition) is 1. The van der Waals surface area contributed by atoms with Crippen molar-refractivity contribution in [1.82, 2.24) is 0 Å². The van der Waals surface area contributed by atoms with Gasteiger partial charge in [-0.1, -0.05) is 24.3 Å². The molecule has 0 fully saturated rings. The Labute approximate surface area is 149 Å². The summed E-state index contributed by atoms with van der Waals surface area (Å²) in [7, 11) is 1.48. The van der Waals surface area contributed by atoms with Crippen molar-refractivity contribution < 1.29 is 23.8 Å². The molecule has 0 unspecified atom stereocenters. The lowest BCUT2D eigenvalue weighted by Crippen LogP contribution is -2.20. The van der Waals surface area contributed by atoms with Crippen molar-refractivity contribution in [2.45, 2.75) is 0 Å². The number of amides is 1. The molecule has 0 saturated heterocycles. The van der Waals surface area contributed by atoms with E-state index < -0.39 is 11.9 Å². The molecule has 7 heteroatoms. The molecule has 132 valence electrons. The number of aliphatic imine (C=N–C) groups is 1. The van der Waals surface area contributed by atoms with Crippen molar-refractivity contribution in [3.63, 3.8) is 0 Å².